The lowest BCUT2D eigenvalue weighted by Crippen LogP contribution is -2.04. The normalized spacial score (nSPS) is 12.7. The van der Waals surface area contributed by atoms with Gasteiger partial charge in [0.25, 0.3) is 0 Å². The van der Waals surface area contributed by atoms with Crippen molar-refractivity contribution in [2.45, 2.75) is 12.8 Å². The fraction of sp³-hybridized carbons (Fsp3) is 0.200. The second kappa shape index (κ2) is 3.95. The van der Waals surface area contributed by atoms with Crippen molar-refractivity contribution < 1.29 is 14.9 Å². The fourth-order valence-electron chi connectivity index (χ4n) is 2.62. The van der Waals surface area contributed by atoms with E-state index in [4.69, 9.17) is 4.74 Å². The molecule has 0 amide bonds. The lowest BCUT2D eigenvalue weighted by Gasteiger charge is -2.22. The summed E-state index contributed by atoms with van der Waals surface area (Å²) in [6.07, 6.45) is 1.74. The van der Waals surface area contributed by atoms with E-state index in [0.717, 1.165) is 29.5 Å². The first kappa shape index (κ1) is 11.0. The van der Waals surface area contributed by atoms with Crippen LogP contribution in [0.4, 0.5) is 0 Å². The predicted octanol–water partition coefficient (Wildman–Crippen LogP) is 2.87. The van der Waals surface area contributed by atoms with Crippen LogP contribution in [0.3, 0.4) is 0 Å². The highest BCUT2D eigenvalue weighted by atomic mass is 16.5. The molecule has 0 aromatic heterocycles. The van der Waals surface area contributed by atoms with E-state index in [1.165, 1.54) is 7.11 Å². The summed E-state index contributed by atoms with van der Waals surface area (Å²) in [5, 5.41) is 20.3. The minimum absolute atomic E-state index is 0.109. The summed E-state index contributed by atoms with van der Waals surface area (Å²) >= 11 is 0. The maximum atomic E-state index is 10.3. The molecule has 0 radical (unpaired) electrons. The lowest BCUT2D eigenvalue weighted by atomic mass is 9.84. The number of aryl methyl sites for hydroxylation is 2. The zero-order chi connectivity index (χ0) is 12.7. The van der Waals surface area contributed by atoms with E-state index in [1.807, 2.05) is 18.2 Å². The molecule has 3 rings (SSSR count). The molecule has 0 saturated carbocycles. The van der Waals surface area contributed by atoms with Crippen LogP contribution in [0.1, 0.15) is 11.1 Å². The van der Waals surface area contributed by atoms with E-state index in [2.05, 4.69) is 0 Å². The number of fused-ring (bicyclic) bond motifs is 3. The first-order valence-corrected chi connectivity index (χ1v) is 5.92. The summed E-state index contributed by atoms with van der Waals surface area (Å²) in [5.41, 5.74) is 3.54. The third-order valence-corrected chi connectivity index (χ3v) is 3.49. The van der Waals surface area contributed by atoms with Crippen molar-refractivity contribution in [2.24, 2.45) is 0 Å². The number of hydrogen-bond donors (Lipinski definition) is 2. The molecule has 0 unspecified atom stereocenters. The lowest BCUT2D eigenvalue weighted by molar-refractivity contribution is 0.373. The molecule has 2 N–H and O–H groups in total. The summed E-state index contributed by atoms with van der Waals surface area (Å²) in [5.74, 6) is 0.749. The average Bonchev–Trinajstić information content (AvgIpc) is 2.39. The SMILES string of the molecule is COc1ccc2c(c1O)-c1c(O)cccc1CC2. The first-order valence-electron chi connectivity index (χ1n) is 5.92. The molecule has 3 heteroatoms. The van der Waals surface area contributed by atoms with Crippen molar-refractivity contribution in [2.75, 3.05) is 7.11 Å². The number of benzene rings is 2. The molecule has 0 fully saturated rings. The molecule has 0 spiro atoms. The molecule has 0 atom stereocenters. The highest BCUT2D eigenvalue weighted by Crippen LogP contribution is 2.47. The van der Waals surface area contributed by atoms with E-state index in [0.29, 0.717) is 11.3 Å². The van der Waals surface area contributed by atoms with Crippen LogP contribution in [0.15, 0.2) is 30.3 Å². The monoisotopic (exact) mass is 242 g/mol. The number of methoxy groups -OCH3 is 1. The zero-order valence-electron chi connectivity index (χ0n) is 10.1. The van der Waals surface area contributed by atoms with E-state index < -0.39 is 0 Å². The van der Waals surface area contributed by atoms with Gasteiger partial charge in [-0.25, -0.2) is 0 Å². The van der Waals surface area contributed by atoms with E-state index in [9.17, 15) is 10.2 Å². The molecule has 1 aliphatic rings. The topological polar surface area (TPSA) is 49.7 Å². The molecule has 2 aromatic carbocycles. The maximum Gasteiger partial charge on any atom is 0.166 e. The summed E-state index contributed by atoms with van der Waals surface area (Å²) < 4.78 is 5.13. The van der Waals surface area contributed by atoms with Crippen molar-refractivity contribution in [1.82, 2.24) is 0 Å². The van der Waals surface area contributed by atoms with Crippen LogP contribution < -0.4 is 4.74 Å². The number of ether oxygens (including phenoxy) is 1. The number of rotatable bonds is 1. The average molecular weight is 242 g/mol. The number of phenolic OH excluding ortho intramolecular Hbond substituents is 2. The van der Waals surface area contributed by atoms with Crippen molar-refractivity contribution in [1.29, 1.82) is 0 Å². The molecule has 2 aromatic rings. The summed E-state index contributed by atoms with van der Waals surface area (Å²) in [7, 11) is 1.52. The highest BCUT2D eigenvalue weighted by molar-refractivity contribution is 5.84. The van der Waals surface area contributed by atoms with Crippen molar-refractivity contribution in [3.63, 3.8) is 0 Å². The van der Waals surface area contributed by atoms with Crippen molar-refractivity contribution in [3.8, 4) is 28.4 Å². The van der Waals surface area contributed by atoms with Gasteiger partial charge in [0, 0.05) is 11.1 Å². The standard InChI is InChI=1S/C15H14O3/c1-18-12-8-7-10-6-5-9-3-2-4-11(16)13(9)14(10)15(12)17/h2-4,7-8,16-17H,5-6H2,1H3. The van der Waals surface area contributed by atoms with Gasteiger partial charge in [-0.3, -0.25) is 0 Å². The van der Waals surface area contributed by atoms with Gasteiger partial charge >= 0.3 is 0 Å². The molecule has 18 heavy (non-hydrogen) atoms. The Bertz CT molecular complexity index is 617. The van der Waals surface area contributed by atoms with Gasteiger partial charge in [-0.1, -0.05) is 18.2 Å². The second-order valence-electron chi connectivity index (χ2n) is 4.46. The van der Waals surface area contributed by atoms with Crippen LogP contribution in [0.5, 0.6) is 17.2 Å². The third-order valence-electron chi connectivity index (χ3n) is 3.49. The molecular formula is C15H14O3. The number of aromatic hydroxyl groups is 2. The quantitative estimate of drug-likeness (QED) is 0.808. The van der Waals surface area contributed by atoms with Gasteiger partial charge in [0.15, 0.2) is 11.5 Å². The summed E-state index contributed by atoms with van der Waals surface area (Å²) in [4.78, 5) is 0. The Labute approximate surface area is 105 Å². The van der Waals surface area contributed by atoms with Gasteiger partial charge in [0.05, 0.1) is 7.11 Å². The smallest absolute Gasteiger partial charge is 0.166 e. The Morgan fingerprint density at radius 1 is 0.944 bits per heavy atom. The van der Waals surface area contributed by atoms with Crippen LogP contribution >= 0.6 is 0 Å². The van der Waals surface area contributed by atoms with Crippen molar-refractivity contribution >= 4 is 0 Å². The first-order chi connectivity index (χ1) is 8.72. The third kappa shape index (κ3) is 1.44. The Hall–Kier alpha value is -2.16. The van der Waals surface area contributed by atoms with E-state index in [1.54, 1.807) is 12.1 Å². The molecule has 0 bridgehead atoms. The molecule has 0 saturated heterocycles. The Morgan fingerprint density at radius 3 is 2.39 bits per heavy atom. The zero-order valence-corrected chi connectivity index (χ0v) is 10.1. The largest absolute Gasteiger partial charge is 0.507 e. The van der Waals surface area contributed by atoms with Gasteiger partial charge in [-0.2, -0.15) is 0 Å². The maximum absolute atomic E-state index is 10.3. The van der Waals surface area contributed by atoms with Crippen LogP contribution in [0, 0.1) is 0 Å². The Kier molecular flexibility index (Phi) is 2.40. The van der Waals surface area contributed by atoms with Gasteiger partial charge in [0.2, 0.25) is 0 Å². The van der Waals surface area contributed by atoms with Crippen LogP contribution in [-0.2, 0) is 12.8 Å². The van der Waals surface area contributed by atoms with Crippen LogP contribution in [0.25, 0.3) is 11.1 Å². The summed E-state index contributed by atoms with van der Waals surface area (Å²) in [6, 6.07) is 9.17. The van der Waals surface area contributed by atoms with Crippen LogP contribution in [0.2, 0.25) is 0 Å². The van der Waals surface area contributed by atoms with Gasteiger partial charge < -0.3 is 14.9 Å². The van der Waals surface area contributed by atoms with E-state index in [-0.39, 0.29) is 11.5 Å². The van der Waals surface area contributed by atoms with E-state index >= 15 is 0 Å². The molecule has 92 valence electrons. The highest BCUT2D eigenvalue weighted by Gasteiger charge is 2.24. The van der Waals surface area contributed by atoms with Crippen LogP contribution in [-0.4, -0.2) is 17.3 Å². The Morgan fingerprint density at radius 2 is 1.67 bits per heavy atom. The minimum Gasteiger partial charge on any atom is -0.507 e. The predicted molar refractivity (Wildman–Crippen MR) is 69.2 cm³/mol. The van der Waals surface area contributed by atoms with Gasteiger partial charge in [-0.15, -0.1) is 0 Å². The molecule has 0 aliphatic heterocycles. The van der Waals surface area contributed by atoms with Crippen molar-refractivity contribution in [3.05, 3.63) is 41.5 Å². The number of phenols is 2. The Balaban J connectivity index is 2.34. The molecular weight excluding hydrogens is 228 g/mol. The second-order valence-corrected chi connectivity index (χ2v) is 4.46. The van der Waals surface area contributed by atoms with Gasteiger partial charge in [0.1, 0.15) is 5.75 Å². The fourth-order valence-corrected chi connectivity index (χ4v) is 2.62. The molecule has 0 heterocycles. The molecule has 3 nitrogen and oxygen atoms in total. The number of hydrogen-bond acceptors (Lipinski definition) is 3. The van der Waals surface area contributed by atoms with Gasteiger partial charge in [-0.05, 0) is 36.1 Å². The molecule has 1 aliphatic carbocycles. The summed E-state index contributed by atoms with van der Waals surface area (Å²) in [6.45, 7) is 0. The minimum atomic E-state index is 0.109.